The van der Waals surface area contributed by atoms with Crippen molar-refractivity contribution >= 4 is 15.9 Å². The predicted molar refractivity (Wildman–Crippen MR) is 79.6 cm³/mol. The molecule has 1 unspecified atom stereocenters. The molecule has 1 rings (SSSR count). The van der Waals surface area contributed by atoms with Crippen molar-refractivity contribution in [2.24, 2.45) is 5.92 Å². The van der Waals surface area contributed by atoms with Crippen LogP contribution in [0.15, 0.2) is 30.3 Å². The molecule has 0 spiro atoms. The molecule has 0 bridgehead atoms. The largest absolute Gasteiger partial charge is 0.299 e. The van der Waals surface area contributed by atoms with Gasteiger partial charge in [-0.1, -0.05) is 66.5 Å². The lowest BCUT2D eigenvalue weighted by Crippen LogP contribution is -2.30. The number of rotatable bonds is 8. The molecular weight excluding hydrogens is 274 g/mol. The van der Waals surface area contributed by atoms with Crippen LogP contribution in [0.1, 0.15) is 32.3 Å². The first-order valence-corrected chi connectivity index (χ1v) is 7.74. The third-order valence-corrected chi connectivity index (χ3v) is 4.02. The Labute approximate surface area is 114 Å². The van der Waals surface area contributed by atoms with Gasteiger partial charge in [-0.25, -0.2) is 0 Å². The van der Waals surface area contributed by atoms with Crippen molar-refractivity contribution in [1.29, 1.82) is 0 Å². The van der Waals surface area contributed by atoms with Crippen molar-refractivity contribution in [3.8, 4) is 0 Å². The van der Waals surface area contributed by atoms with E-state index in [1.807, 2.05) is 0 Å². The summed E-state index contributed by atoms with van der Waals surface area (Å²) < 4.78 is 0. The summed E-state index contributed by atoms with van der Waals surface area (Å²) in [5.41, 5.74) is 1.42. The van der Waals surface area contributed by atoms with Crippen LogP contribution in [-0.4, -0.2) is 23.3 Å². The highest BCUT2D eigenvalue weighted by Gasteiger charge is 2.11. The molecule has 2 heteroatoms. The van der Waals surface area contributed by atoms with Crippen LogP contribution < -0.4 is 0 Å². The predicted octanol–water partition coefficient (Wildman–Crippen LogP) is 4.32. The van der Waals surface area contributed by atoms with Gasteiger partial charge in [0.25, 0.3) is 0 Å². The highest BCUT2D eigenvalue weighted by Crippen LogP contribution is 2.12. The van der Waals surface area contributed by atoms with Crippen LogP contribution in [0.2, 0.25) is 0 Å². The van der Waals surface area contributed by atoms with Crippen LogP contribution in [0.25, 0.3) is 0 Å². The van der Waals surface area contributed by atoms with Gasteiger partial charge in [-0.15, -0.1) is 0 Å². The maximum Gasteiger partial charge on any atom is 0.0233 e. The number of hydrogen-bond acceptors (Lipinski definition) is 1. The SMILES string of the molecule is CCCN(Cc1ccccc1)CC(CC)CBr. The lowest BCUT2D eigenvalue weighted by atomic mass is 10.1. The van der Waals surface area contributed by atoms with E-state index < -0.39 is 0 Å². The summed E-state index contributed by atoms with van der Waals surface area (Å²) in [7, 11) is 0. The molecule has 0 heterocycles. The third kappa shape index (κ3) is 5.69. The summed E-state index contributed by atoms with van der Waals surface area (Å²) in [6, 6.07) is 10.8. The molecule has 0 aliphatic carbocycles. The Bertz CT molecular complexity index is 282. The Hall–Kier alpha value is -0.340. The molecule has 1 aromatic rings. The zero-order valence-electron chi connectivity index (χ0n) is 11.0. The van der Waals surface area contributed by atoms with Crippen LogP contribution in [0.3, 0.4) is 0 Å². The summed E-state index contributed by atoms with van der Waals surface area (Å²) in [4.78, 5) is 2.57. The molecule has 0 amide bonds. The normalized spacial score (nSPS) is 12.9. The quantitative estimate of drug-likeness (QED) is 0.646. The monoisotopic (exact) mass is 297 g/mol. The van der Waals surface area contributed by atoms with Crippen molar-refractivity contribution in [2.45, 2.75) is 33.2 Å². The third-order valence-electron chi connectivity index (χ3n) is 3.10. The van der Waals surface area contributed by atoms with E-state index in [4.69, 9.17) is 0 Å². The Balaban J connectivity index is 2.53. The summed E-state index contributed by atoms with van der Waals surface area (Å²) in [5, 5.41) is 1.11. The van der Waals surface area contributed by atoms with Crippen LogP contribution in [0.4, 0.5) is 0 Å². The Morgan fingerprint density at radius 2 is 1.88 bits per heavy atom. The van der Waals surface area contributed by atoms with E-state index in [-0.39, 0.29) is 0 Å². The summed E-state index contributed by atoms with van der Waals surface area (Å²) in [6.07, 6.45) is 2.48. The number of hydrogen-bond donors (Lipinski definition) is 0. The van der Waals surface area contributed by atoms with Gasteiger partial charge in [-0.3, -0.25) is 4.90 Å². The number of alkyl halides is 1. The Morgan fingerprint density at radius 1 is 1.18 bits per heavy atom. The van der Waals surface area contributed by atoms with E-state index in [9.17, 15) is 0 Å². The second-order valence-corrected chi connectivity index (χ2v) is 5.30. The maximum atomic E-state index is 3.61. The highest BCUT2D eigenvalue weighted by molar-refractivity contribution is 9.09. The molecule has 17 heavy (non-hydrogen) atoms. The molecule has 0 fully saturated rings. The zero-order valence-corrected chi connectivity index (χ0v) is 12.6. The van der Waals surface area contributed by atoms with Gasteiger partial charge in [0.15, 0.2) is 0 Å². The number of nitrogens with zero attached hydrogens (tertiary/aromatic N) is 1. The van der Waals surface area contributed by atoms with Gasteiger partial charge < -0.3 is 0 Å². The van der Waals surface area contributed by atoms with Gasteiger partial charge in [0.1, 0.15) is 0 Å². The van der Waals surface area contributed by atoms with Crippen LogP contribution in [0, 0.1) is 5.92 Å². The van der Waals surface area contributed by atoms with Gasteiger partial charge in [0.05, 0.1) is 0 Å². The van der Waals surface area contributed by atoms with Crippen molar-refractivity contribution in [1.82, 2.24) is 4.90 Å². The molecule has 0 saturated carbocycles. The summed E-state index contributed by atoms with van der Waals surface area (Å²) in [6.45, 7) is 8.01. The second kappa shape index (κ2) is 8.71. The molecular formula is C15H24BrN. The summed E-state index contributed by atoms with van der Waals surface area (Å²) >= 11 is 3.61. The molecule has 96 valence electrons. The molecule has 1 atom stereocenters. The fourth-order valence-corrected chi connectivity index (χ4v) is 2.71. The van der Waals surface area contributed by atoms with Crippen molar-refractivity contribution in [2.75, 3.05) is 18.4 Å². The average molecular weight is 298 g/mol. The molecule has 0 saturated heterocycles. The van der Waals surface area contributed by atoms with E-state index in [0.717, 1.165) is 17.8 Å². The number of halogens is 1. The standard InChI is InChI=1S/C15H24BrN/c1-3-10-17(12-14(4-2)11-16)13-15-8-6-5-7-9-15/h5-9,14H,3-4,10-13H2,1-2H3. The average Bonchev–Trinajstić information content (AvgIpc) is 2.37. The van der Waals surface area contributed by atoms with E-state index in [0.29, 0.717) is 0 Å². The Morgan fingerprint density at radius 3 is 2.41 bits per heavy atom. The lowest BCUT2D eigenvalue weighted by molar-refractivity contribution is 0.229. The maximum absolute atomic E-state index is 3.61. The first-order chi connectivity index (χ1) is 8.30. The van der Waals surface area contributed by atoms with E-state index in [2.05, 4.69) is 65.0 Å². The van der Waals surface area contributed by atoms with E-state index in [1.165, 1.54) is 31.5 Å². The molecule has 1 aromatic carbocycles. The topological polar surface area (TPSA) is 3.24 Å². The number of benzene rings is 1. The van der Waals surface area contributed by atoms with Crippen molar-refractivity contribution in [3.63, 3.8) is 0 Å². The molecule has 1 nitrogen and oxygen atoms in total. The minimum absolute atomic E-state index is 0.769. The van der Waals surface area contributed by atoms with Gasteiger partial charge in [0.2, 0.25) is 0 Å². The fourth-order valence-electron chi connectivity index (χ4n) is 2.04. The van der Waals surface area contributed by atoms with Gasteiger partial charge in [0, 0.05) is 18.4 Å². The lowest BCUT2D eigenvalue weighted by Gasteiger charge is -2.25. The highest BCUT2D eigenvalue weighted by atomic mass is 79.9. The first kappa shape index (κ1) is 14.7. The Kier molecular flexibility index (Phi) is 7.54. The molecule has 0 radical (unpaired) electrons. The minimum atomic E-state index is 0.769. The fraction of sp³-hybridized carbons (Fsp3) is 0.600. The smallest absolute Gasteiger partial charge is 0.0233 e. The van der Waals surface area contributed by atoms with Crippen molar-refractivity contribution < 1.29 is 0 Å². The van der Waals surface area contributed by atoms with Gasteiger partial charge >= 0.3 is 0 Å². The van der Waals surface area contributed by atoms with Gasteiger partial charge in [-0.05, 0) is 24.4 Å². The first-order valence-electron chi connectivity index (χ1n) is 6.62. The molecule has 0 aliphatic heterocycles. The van der Waals surface area contributed by atoms with Crippen molar-refractivity contribution in [3.05, 3.63) is 35.9 Å². The second-order valence-electron chi connectivity index (χ2n) is 4.65. The molecule has 0 aromatic heterocycles. The summed E-state index contributed by atoms with van der Waals surface area (Å²) in [5.74, 6) is 0.769. The zero-order chi connectivity index (χ0) is 12.5. The molecule has 0 aliphatic rings. The van der Waals surface area contributed by atoms with Crippen LogP contribution >= 0.6 is 15.9 Å². The van der Waals surface area contributed by atoms with Gasteiger partial charge in [-0.2, -0.15) is 0 Å². The van der Waals surface area contributed by atoms with E-state index in [1.54, 1.807) is 0 Å². The molecule has 0 N–H and O–H groups in total. The minimum Gasteiger partial charge on any atom is -0.299 e. The van der Waals surface area contributed by atoms with Crippen LogP contribution in [0.5, 0.6) is 0 Å². The van der Waals surface area contributed by atoms with Crippen LogP contribution in [-0.2, 0) is 6.54 Å². The van der Waals surface area contributed by atoms with E-state index >= 15 is 0 Å².